The van der Waals surface area contributed by atoms with Gasteiger partial charge in [-0.2, -0.15) is 0 Å². The number of carbonyl (C=O) groups excluding carboxylic acids is 2. The molecule has 0 radical (unpaired) electrons. The molecule has 0 fully saturated rings. The Morgan fingerprint density at radius 3 is 2.12 bits per heavy atom. The first-order valence-electron chi connectivity index (χ1n) is 10.8. The molecule has 33 heavy (non-hydrogen) atoms. The molecule has 3 aromatic carbocycles. The number of hydrogen-bond donors (Lipinski definition) is 1. The lowest BCUT2D eigenvalue weighted by Gasteiger charge is -2.05. The average molecular weight is 457 g/mol. The minimum Gasteiger partial charge on any atom is -0.494 e. The van der Waals surface area contributed by atoms with Gasteiger partial charge in [-0.3, -0.25) is 9.59 Å². The van der Waals surface area contributed by atoms with E-state index in [4.69, 9.17) is 9.72 Å². The maximum atomic E-state index is 12.6. The minimum absolute atomic E-state index is 0.0812. The van der Waals surface area contributed by atoms with E-state index >= 15 is 0 Å². The SMILES string of the molecule is CCOc1ccc(C(=O)CCC(=O)Nc2nc(-c3ccccc3)c(-c3ccccc3)s2)cc1. The van der Waals surface area contributed by atoms with Crippen molar-refractivity contribution in [3.8, 4) is 27.4 Å². The molecule has 1 heterocycles. The highest BCUT2D eigenvalue weighted by atomic mass is 32.1. The molecule has 0 saturated heterocycles. The summed E-state index contributed by atoms with van der Waals surface area (Å²) in [7, 11) is 0. The Labute approximate surface area is 197 Å². The number of nitrogens with one attached hydrogen (secondary N) is 1. The number of nitrogens with zero attached hydrogens (tertiary/aromatic N) is 1. The molecule has 0 bridgehead atoms. The van der Waals surface area contributed by atoms with Crippen LogP contribution in [-0.4, -0.2) is 23.3 Å². The fourth-order valence-corrected chi connectivity index (χ4v) is 4.42. The van der Waals surface area contributed by atoms with Crippen molar-refractivity contribution in [3.63, 3.8) is 0 Å². The third kappa shape index (κ3) is 5.73. The molecule has 0 saturated carbocycles. The van der Waals surface area contributed by atoms with Crippen LogP contribution in [0.3, 0.4) is 0 Å². The molecular formula is C27H24N2O3S. The van der Waals surface area contributed by atoms with Gasteiger partial charge < -0.3 is 10.1 Å². The summed E-state index contributed by atoms with van der Waals surface area (Å²) in [4.78, 5) is 30.7. The maximum Gasteiger partial charge on any atom is 0.226 e. The molecule has 5 nitrogen and oxygen atoms in total. The number of Topliss-reactive ketones (excluding diaryl/α,β-unsaturated/α-hetero) is 1. The number of ketones is 1. The fourth-order valence-electron chi connectivity index (χ4n) is 3.41. The normalized spacial score (nSPS) is 10.6. The van der Waals surface area contributed by atoms with Crippen LogP contribution in [0.25, 0.3) is 21.7 Å². The first-order chi connectivity index (χ1) is 16.1. The smallest absolute Gasteiger partial charge is 0.226 e. The quantitative estimate of drug-likeness (QED) is 0.293. The van der Waals surface area contributed by atoms with Gasteiger partial charge in [0, 0.05) is 24.0 Å². The molecule has 0 aliphatic heterocycles. The van der Waals surface area contributed by atoms with Gasteiger partial charge in [0.15, 0.2) is 10.9 Å². The number of hydrogen-bond acceptors (Lipinski definition) is 5. The average Bonchev–Trinajstić information content (AvgIpc) is 3.28. The Balaban J connectivity index is 1.44. The second kappa shape index (κ2) is 10.7. The molecule has 0 unspecified atom stereocenters. The Morgan fingerprint density at radius 1 is 0.848 bits per heavy atom. The topological polar surface area (TPSA) is 68.3 Å². The number of carbonyl (C=O) groups is 2. The summed E-state index contributed by atoms with van der Waals surface area (Å²) >= 11 is 1.43. The standard InChI is InChI=1S/C27H24N2O3S/c1-2-32-22-15-13-19(14-16-22)23(30)17-18-24(31)28-27-29-25(20-9-5-3-6-10-20)26(33-27)21-11-7-4-8-12-21/h3-16H,2,17-18H2,1H3,(H,28,29,31). The number of anilines is 1. The highest BCUT2D eigenvalue weighted by Crippen LogP contribution is 2.38. The van der Waals surface area contributed by atoms with Crippen molar-refractivity contribution in [2.45, 2.75) is 19.8 Å². The van der Waals surface area contributed by atoms with E-state index in [0.29, 0.717) is 17.3 Å². The van der Waals surface area contributed by atoms with Gasteiger partial charge in [0.1, 0.15) is 5.75 Å². The molecule has 0 aliphatic carbocycles. The van der Waals surface area contributed by atoms with Crippen molar-refractivity contribution in [3.05, 3.63) is 90.5 Å². The van der Waals surface area contributed by atoms with Crippen molar-refractivity contribution in [1.82, 2.24) is 4.98 Å². The minimum atomic E-state index is -0.234. The second-order valence-corrected chi connectivity index (χ2v) is 8.36. The number of thiazole rings is 1. The van der Waals surface area contributed by atoms with E-state index in [2.05, 4.69) is 5.32 Å². The van der Waals surface area contributed by atoms with Crippen molar-refractivity contribution in [2.24, 2.45) is 0 Å². The summed E-state index contributed by atoms with van der Waals surface area (Å²) in [5.41, 5.74) is 3.42. The molecule has 0 atom stereocenters. The summed E-state index contributed by atoms with van der Waals surface area (Å²) in [6.07, 6.45) is 0.218. The Kier molecular flexibility index (Phi) is 7.27. The first-order valence-corrected chi connectivity index (χ1v) is 11.6. The van der Waals surface area contributed by atoms with E-state index < -0.39 is 0 Å². The molecule has 0 aliphatic rings. The van der Waals surface area contributed by atoms with Gasteiger partial charge in [0.25, 0.3) is 0 Å². The number of rotatable bonds is 9. The van der Waals surface area contributed by atoms with Crippen molar-refractivity contribution < 1.29 is 14.3 Å². The van der Waals surface area contributed by atoms with Crippen molar-refractivity contribution >= 4 is 28.2 Å². The van der Waals surface area contributed by atoms with Crippen LogP contribution in [0.1, 0.15) is 30.1 Å². The van der Waals surface area contributed by atoms with E-state index in [-0.39, 0.29) is 24.5 Å². The van der Waals surface area contributed by atoms with Crippen LogP contribution in [0.5, 0.6) is 5.75 Å². The van der Waals surface area contributed by atoms with E-state index in [1.54, 1.807) is 24.3 Å². The largest absolute Gasteiger partial charge is 0.494 e. The predicted octanol–water partition coefficient (Wildman–Crippen LogP) is 6.48. The first kappa shape index (κ1) is 22.4. The summed E-state index contributed by atoms with van der Waals surface area (Å²) in [5, 5.41) is 3.39. The van der Waals surface area contributed by atoms with Gasteiger partial charge in [-0.1, -0.05) is 72.0 Å². The predicted molar refractivity (Wildman–Crippen MR) is 133 cm³/mol. The van der Waals surface area contributed by atoms with E-state index in [0.717, 1.165) is 27.4 Å². The molecule has 1 N–H and O–H groups in total. The molecule has 1 aromatic heterocycles. The van der Waals surface area contributed by atoms with Crippen LogP contribution in [0.4, 0.5) is 5.13 Å². The van der Waals surface area contributed by atoms with E-state index in [1.165, 1.54) is 11.3 Å². The van der Waals surface area contributed by atoms with Crippen LogP contribution in [0.15, 0.2) is 84.9 Å². The zero-order chi connectivity index (χ0) is 23.0. The Bertz CT molecular complexity index is 1160. The molecule has 1 amide bonds. The van der Waals surface area contributed by atoms with Gasteiger partial charge in [-0.25, -0.2) is 4.98 Å². The number of benzene rings is 3. The summed E-state index contributed by atoms with van der Waals surface area (Å²) in [5.74, 6) is 0.406. The number of amides is 1. The zero-order valence-electron chi connectivity index (χ0n) is 18.3. The van der Waals surface area contributed by atoms with Gasteiger partial charge in [0.2, 0.25) is 5.91 Å². The van der Waals surface area contributed by atoms with Crippen LogP contribution in [-0.2, 0) is 4.79 Å². The Hall–Kier alpha value is -3.77. The molecule has 166 valence electrons. The van der Waals surface area contributed by atoms with E-state index in [1.807, 2.05) is 67.6 Å². The number of aromatic nitrogens is 1. The molecule has 4 aromatic rings. The second-order valence-electron chi connectivity index (χ2n) is 7.36. The highest BCUT2D eigenvalue weighted by Gasteiger charge is 2.17. The lowest BCUT2D eigenvalue weighted by molar-refractivity contribution is -0.116. The van der Waals surface area contributed by atoms with Crippen molar-refractivity contribution in [2.75, 3.05) is 11.9 Å². The van der Waals surface area contributed by atoms with Crippen LogP contribution in [0, 0.1) is 0 Å². The lowest BCUT2D eigenvalue weighted by atomic mass is 10.1. The summed E-state index contributed by atoms with van der Waals surface area (Å²) in [6, 6.07) is 26.9. The summed E-state index contributed by atoms with van der Waals surface area (Å²) in [6.45, 7) is 2.48. The van der Waals surface area contributed by atoms with Gasteiger partial charge in [-0.05, 0) is 36.8 Å². The molecule has 4 rings (SSSR count). The molecule has 0 spiro atoms. The third-order valence-electron chi connectivity index (χ3n) is 5.02. The third-order valence-corrected chi connectivity index (χ3v) is 6.04. The lowest BCUT2D eigenvalue weighted by Crippen LogP contribution is -2.13. The van der Waals surface area contributed by atoms with Crippen LogP contribution >= 0.6 is 11.3 Å². The Morgan fingerprint density at radius 2 is 1.48 bits per heavy atom. The molecule has 6 heteroatoms. The molecular weight excluding hydrogens is 432 g/mol. The van der Waals surface area contributed by atoms with Crippen molar-refractivity contribution in [1.29, 1.82) is 0 Å². The van der Waals surface area contributed by atoms with Gasteiger partial charge >= 0.3 is 0 Å². The van der Waals surface area contributed by atoms with Gasteiger partial charge in [-0.15, -0.1) is 0 Å². The maximum absolute atomic E-state index is 12.6. The zero-order valence-corrected chi connectivity index (χ0v) is 19.1. The highest BCUT2D eigenvalue weighted by molar-refractivity contribution is 7.19. The fraction of sp³-hybridized carbons (Fsp3) is 0.148. The van der Waals surface area contributed by atoms with Crippen LogP contribution in [0.2, 0.25) is 0 Å². The van der Waals surface area contributed by atoms with Gasteiger partial charge in [0.05, 0.1) is 17.2 Å². The summed E-state index contributed by atoms with van der Waals surface area (Å²) < 4.78 is 5.40. The number of ether oxygens (including phenoxy) is 1. The van der Waals surface area contributed by atoms with E-state index in [9.17, 15) is 9.59 Å². The van der Waals surface area contributed by atoms with Crippen LogP contribution < -0.4 is 10.1 Å². The monoisotopic (exact) mass is 456 g/mol.